The molecule has 4 heteroatoms. The molecule has 2 aromatic carbocycles. The first-order valence-electron chi connectivity index (χ1n) is 8.03. The number of hydrogen-bond donors (Lipinski definition) is 2. The molecule has 3 aromatic rings. The van der Waals surface area contributed by atoms with Gasteiger partial charge in [0.1, 0.15) is 0 Å². The van der Waals surface area contributed by atoms with Crippen LogP contribution >= 0.6 is 0 Å². The standard InChI is InChI=1S/C20H20N2O2/c1-14(13-19(23)15-7-3-2-4-8-15)22-20(24)17-9-5-11-18-16(17)10-6-12-21-18/h2-12,14,19,23H,13H2,1H3,(H,22,24). The monoisotopic (exact) mass is 320 g/mol. The van der Waals surface area contributed by atoms with Gasteiger partial charge in [0.05, 0.1) is 11.6 Å². The summed E-state index contributed by atoms with van der Waals surface area (Å²) < 4.78 is 0. The smallest absolute Gasteiger partial charge is 0.252 e. The molecule has 1 amide bonds. The number of aliphatic hydroxyl groups is 1. The Hall–Kier alpha value is -2.72. The number of aromatic nitrogens is 1. The molecule has 2 atom stereocenters. The average Bonchev–Trinajstić information content (AvgIpc) is 2.61. The largest absolute Gasteiger partial charge is 0.388 e. The fraction of sp³-hybridized carbons (Fsp3) is 0.200. The summed E-state index contributed by atoms with van der Waals surface area (Å²) in [5.74, 6) is -0.152. The van der Waals surface area contributed by atoms with Crippen LogP contribution in [0.15, 0.2) is 66.9 Å². The second kappa shape index (κ2) is 7.23. The highest BCUT2D eigenvalue weighted by Gasteiger charge is 2.16. The minimum atomic E-state index is -0.601. The predicted molar refractivity (Wildman–Crippen MR) is 94.7 cm³/mol. The molecule has 122 valence electrons. The van der Waals surface area contributed by atoms with Crippen LogP contribution < -0.4 is 5.32 Å². The number of benzene rings is 2. The molecule has 24 heavy (non-hydrogen) atoms. The molecule has 2 N–H and O–H groups in total. The number of hydrogen-bond acceptors (Lipinski definition) is 3. The van der Waals surface area contributed by atoms with Crippen molar-refractivity contribution in [3.63, 3.8) is 0 Å². The van der Waals surface area contributed by atoms with Crippen molar-refractivity contribution in [3.8, 4) is 0 Å². The van der Waals surface area contributed by atoms with Crippen LogP contribution in [0.2, 0.25) is 0 Å². The van der Waals surface area contributed by atoms with Crippen molar-refractivity contribution in [2.75, 3.05) is 0 Å². The molecule has 0 radical (unpaired) electrons. The minimum absolute atomic E-state index is 0.152. The van der Waals surface area contributed by atoms with Gasteiger partial charge in [0.15, 0.2) is 0 Å². The molecule has 4 nitrogen and oxygen atoms in total. The van der Waals surface area contributed by atoms with E-state index in [1.54, 1.807) is 12.3 Å². The molecule has 0 aliphatic heterocycles. The fourth-order valence-electron chi connectivity index (χ4n) is 2.81. The molecule has 3 rings (SSSR count). The van der Waals surface area contributed by atoms with Gasteiger partial charge in [-0.15, -0.1) is 0 Å². The van der Waals surface area contributed by atoms with Crippen LogP contribution in [0.3, 0.4) is 0 Å². The Labute approximate surface area is 141 Å². The highest BCUT2D eigenvalue weighted by atomic mass is 16.3. The summed E-state index contributed by atoms with van der Waals surface area (Å²) in [7, 11) is 0. The summed E-state index contributed by atoms with van der Waals surface area (Å²) >= 11 is 0. The molecule has 0 aliphatic carbocycles. The summed E-state index contributed by atoms with van der Waals surface area (Å²) in [4.78, 5) is 16.8. The van der Waals surface area contributed by atoms with Crippen molar-refractivity contribution < 1.29 is 9.90 Å². The number of rotatable bonds is 5. The Bertz CT molecular complexity index is 828. The van der Waals surface area contributed by atoms with E-state index in [1.165, 1.54) is 0 Å². The van der Waals surface area contributed by atoms with E-state index < -0.39 is 6.10 Å². The van der Waals surface area contributed by atoms with Gasteiger partial charge in [0, 0.05) is 23.2 Å². The van der Waals surface area contributed by atoms with E-state index in [-0.39, 0.29) is 11.9 Å². The Morgan fingerprint density at radius 1 is 1.08 bits per heavy atom. The molecule has 0 aliphatic rings. The van der Waals surface area contributed by atoms with Gasteiger partial charge in [-0.25, -0.2) is 0 Å². The third kappa shape index (κ3) is 3.60. The van der Waals surface area contributed by atoms with Crippen LogP contribution in [0, 0.1) is 0 Å². The van der Waals surface area contributed by atoms with Crippen LogP contribution in [0.25, 0.3) is 10.9 Å². The lowest BCUT2D eigenvalue weighted by Gasteiger charge is -2.18. The molecule has 1 aromatic heterocycles. The number of nitrogens with zero attached hydrogens (tertiary/aromatic N) is 1. The van der Waals surface area contributed by atoms with Crippen LogP contribution in [0.1, 0.15) is 35.4 Å². The molecule has 1 heterocycles. The SMILES string of the molecule is CC(CC(O)c1ccccc1)NC(=O)c1cccc2ncccc12. The van der Waals surface area contributed by atoms with Crippen LogP contribution in [0.5, 0.6) is 0 Å². The van der Waals surface area contributed by atoms with E-state index in [0.717, 1.165) is 16.5 Å². The summed E-state index contributed by atoms with van der Waals surface area (Å²) in [6, 6.07) is 18.5. The zero-order chi connectivity index (χ0) is 16.9. The molecule has 0 fully saturated rings. The highest BCUT2D eigenvalue weighted by molar-refractivity contribution is 6.06. The number of carbonyl (C=O) groups is 1. The van der Waals surface area contributed by atoms with Crippen molar-refractivity contribution >= 4 is 16.8 Å². The van der Waals surface area contributed by atoms with Crippen LogP contribution in [-0.4, -0.2) is 22.0 Å². The normalized spacial score (nSPS) is 13.4. The molecular weight excluding hydrogens is 300 g/mol. The van der Waals surface area contributed by atoms with E-state index in [9.17, 15) is 9.90 Å². The van der Waals surface area contributed by atoms with Gasteiger partial charge in [0.25, 0.3) is 5.91 Å². The third-order valence-electron chi connectivity index (χ3n) is 4.03. The Balaban J connectivity index is 1.70. The third-order valence-corrected chi connectivity index (χ3v) is 4.03. The minimum Gasteiger partial charge on any atom is -0.388 e. The summed E-state index contributed by atoms with van der Waals surface area (Å²) in [5, 5.41) is 14.1. The van der Waals surface area contributed by atoms with Gasteiger partial charge in [-0.3, -0.25) is 9.78 Å². The van der Waals surface area contributed by atoms with Crippen molar-refractivity contribution in [3.05, 3.63) is 78.0 Å². The molecule has 0 spiro atoms. The maximum atomic E-state index is 12.6. The summed E-state index contributed by atoms with van der Waals surface area (Å²) in [5.41, 5.74) is 2.25. The van der Waals surface area contributed by atoms with Crippen LogP contribution in [0.4, 0.5) is 0 Å². The van der Waals surface area contributed by atoms with Gasteiger partial charge >= 0.3 is 0 Å². The maximum Gasteiger partial charge on any atom is 0.252 e. The number of amides is 1. The lowest BCUT2D eigenvalue weighted by molar-refractivity contribution is 0.0918. The summed E-state index contributed by atoms with van der Waals surface area (Å²) in [6.07, 6.45) is 1.57. The summed E-state index contributed by atoms with van der Waals surface area (Å²) in [6.45, 7) is 1.90. The van der Waals surface area contributed by atoms with Gasteiger partial charge in [-0.2, -0.15) is 0 Å². The van der Waals surface area contributed by atoms with Crippen molar-refractivity contribution in [1.82, 2.24) is 10.3 Å². The van der Waals surface area contributed by atoms with E-state index in [1.807, 2.05) is 61.5 Å². The molecule has 2 unspecified atom stereocenters. The molecule has 0 saturated heterocycles. The quantitative estimate of drug-likeness (QED) is 0.756. The number of nitrogens with one attached hydrogen (secondary N) is 1. The lowest BCUT2D eigenvalue weighted by Crippen LogP contribution is -2.33. The Morgan fingerprint density at radius 2 is 1.88 bits per heavy atom. The highest BCUT2D eigenvalue weighted by Crippen LogP contribution is 2.19. The Morgan fingerprint density at radius 3 is 2.67 bits per heavy atom. The fourth-order valence-corrected chi connectivity index (χ4v) is 2.81. The maximum absolute atomic E-state index is 12.6. The van der Waals surface area contributed by atoms with E-state index >= 15 is 0 Å². The zero-order valence-electron chi connectivity index (χ0n) is 13.5. The lowest BCUT2D eigenvalue weighted by atomic mass is 10.0. The van der Waals surface area contributed by atoms with Crippen molar-refractivity contribution in [1.29, 1.82) is 0 Å². The first-order valence-corrected chi connectivity index (χ1v) is 8.03. The first kappa shape index (κ1) is 16.1. The Kier molecular flexibility index (Phi) is 4.87. The van der Waals surface area contributed by atoms with Gasteiger partial charge in [-0.05, 0) is 37.1 Å². The molecule has 0 saturated carbocycles. The van der Waals surface area contributed by atoms with E-state index in [2.05, 4.69) is 10.3 Å². The van der Waals surface area contributed by atoms with E-state index in [4.69, 9.17) is 0 Å². The van der Waals surface area contributed by atoms with Gasteiger partial charge in [-0.1, -0.05) is 42.5 Å². The average molecular weight is 320 g/mol. The zero-order valence-corrected chi connectivity index (χ0v) is 13.5. The second-order valence-corrected chi connectivity index (χ2v) is 5.91. The number of pyridine rings is 1. The van der Waals surface area contributed by atoms with Crippen LogP contribution in [-0.2, 0) is 0 Å². The number of fused-ring (bicyclic) bond motifs is 1. The first-order chi connectivity index (χ1) is 11.6. The van der Waals surface area contributed by atoms with Crippen molar-refractivity contribution in [2.45, 2.75) is 25.5 Å². The topological polar surface area (TPSA) is 62.2 Å². The van der Waals surface area contributed by atoms with Gasteiger partial charge in [0.2, 0.25) is 0 Å². The molecular formula is C20H20N2O2. The molecule has 0 bridgehead atoms. The second-order valence-electron chi connectivity index (χ2n) is 5.91. The van der Waals surface area contributed by atoms with Gasteiger partial charge < -0.3 is 10.4 Å². The predicted octanol–water partition coefficient (Wildman–Crippen LogP) is 3.48. The number of carbonyl (C=O) groups excluding carboxylic acids is 1. The van der Waals surface area contributed by atoms with Crippen molar-refractivity contribution in [2.24, 2.45) is 0 Å². The van der Waals surface area contributed by atoms with E-state index in [0.29, 0.717) is 12.0 Å². The number of aliphatic hydroxyl groups excluding tert-OH is 1.